The van der Waals surface area contributed by atoms with Crippen molar-refractivity contribution < 1.29 is 9.84 Å². The molecule has 1 heterocycles. The van der Waals surface area contributed by atoms with Crippen LogP contribution in [0.1, 0.15) is 32.2 Å². The van der Waals surface area contributed by atoms with Crippen molar-refractivity contribution in [1.82, 2.24) is 9.97 Å². The number of nitrogens with zero attached hydrogens (tertiary/aromatic N) is 1. The Morgan fingerprint density at radius 2 is 2.19 bits per heavy atom. The molecule has 2 aromatic rings. The van der Waals surface area contributed by atoms with Crippen LogP contribution in [0.15, 0.2) is 29.1 Å². The second-order valence-electron chi connectivity index (χ2n) is 4.51. The van der Waals surface area contributed by atoms with Crippen molar-refractivity contribution in [2.24, 2.45) is 0 Å². The lowest BCUT2D eigenvalue weighted by Crippen LogP contribution is -2.17. The minimum absolute atomic E-state index is 0.104. The van der Waals surface area contributed by atoms with Gasteiger partial charge in [0.05, 0.1) is 0 Å². The molecule has 0 radical (unpaired) electrons. The van der Waals surface area contributed by atoms with Crippen LogP contribution in [-0.2, 0) is 4.74 Å². The second kappa shape index (κ2) is 6.74. The zero-order valence-electron chi connectivity index (χ0n) is 11.9. The number of nitrogens with one attached hydrogen (secondary N) is 1. The van der Waals surface area contributed by atoms with E-state index in [0.29, 0.717) is 29.4 Å². The number of aromatic amines is 1. The van der Waals surface area contributed by atoms with Gasteiger partial charge >= 0.3 is 0 Å². The molecule has 5 nitrogen and oxygen atoms in total. The molecular weight excluding hydrogens is 292 g/mol. The molecule has 1 aromatic heterocycles. The van der Waals surface area contributed by atoms with Gasteiger partial charge in [-0.2, -0.15) is 4.98 Å². The fourth-order valence-corrected chi connectivity index (χ4v) is 2.32. The molecule has 1 aromatic carbocycles. The highest BCUT2D eigenvalue weighted by molar-refractivity contribution is 6.30. The first-order valence-corrected chi connectivity index (χ1v) is 7.15. The summed E-state index contributed by atoms with van der Waals surface area (Å²) in [4.78, 5) is 19.0. The van der Waals surface area contributed by atoms with Gasteiger partial charge in [0.25, 0.3) is 5.56 Å². The van der Waals surface area contributed by atoms with Crippen molar-refractivity contribution in [2.45, 2.75) is 26.4 Å². The molecule has 0 aliphatic heterocycles. The maximum Gasteiger partial charge on any atom is 0.262 e. The largest absolute Gasteiger partial charge is 0.493 e. The highest BCUT2D eigenvalue weighted by Gasteiger charge is 2.18. The topological polar surface area (TPSA) is 75.2 Å². The first-order chi connectivity index (χ1) is 10.1. The molecular formula is C15H17ClN2O3. The van der Waals surface area contributed by atoms with Crippen LogP contribution >= 0.6 is 11.6 Å². The smallest absolute Gasteiger partial charge is 0.262 e. The van der Waals surface area contributed by atoms with E-state index in [0.717, 1.165) is 0 Å². The van der Waals surface area contributed by atoms with Crippen LogP contribution in [0.25, 0.3) is 11.1 Å². The van der Waals surface area contributed by atoms with Gasteiger partial charge in [0.2, 0.25) is 5.88 Å². The van der Waals surface area contributed by atoms with Crippen molar-refractivity contribution in [2.75, 3.05) is 6.61 Å². The lowest BCUT2D eigenvalue weighted by Gasteiger charge is -2.15. The van der Waals surface area contributed by atoms with E-state index in [1.165, 1.54) is 0 Å². The van der Waals surface area contributed by atoms with E-state index in [1.54, 1.807) is 24.3 Å². The van der Waals surface area contributed by atoms with Crippen LogP contribution in [0.2, 0.25) is 5.02 Å². The van der Waals surface area contributed by atoms with Crippen LogP contribution in [0, 0.1) is 0 Å². The summed E-state index contributed by atoms with van der Waals surface area (Å²) in [6, 6.07) is 6.70. The molecule has 112 valence electrons. The summed E-state index contributed by atoms with van der Waals surface area (Å²) in [5, 5.41) is 10.6. The number of aromatic hydroxyl groups is 1. The maximum atomic E-state index is 12.2. The highest BCUT2D eigenvalue weighted by Crippen LogP contribution is 2.27. The number of benzene rings is 1. The van der Waals surface area contributed by atoms with Crippen LogP contribution in [0.3, 0.4) is 0 Å². The minimum Gasteiger partial charge on any atom is -0.493 e. The van der Waals surface area contributed by atoms with Crippen molar-refractivity contribution in [1.29, 1.82) is 0 Å². The Morgan fingerprint density at radius 1 is 1.43 bits per heavy atom. The van der Waals surface area contributed by atoms with Crippen LogP contribution in [0.5, 0.6) is 5.88 Å². The number of ether oxygens (including phenoxy) is 1. The monoisotopic (exact) mass is 308 g/mol. The molecule has 0 aliphatic carbocycles. The van der Waals surface area contributed by atoms with Crippen molar-refractivity contribution >= 4 is 11.6 Å². The molecule has 1 atom stereocenters. The summed E-state index contributed by atoms with van der Waals surface area (Å²) in [5.74, 6) is 0.00166. The molecule has 1 unspecified atom stereocenters. The molecule has 6 heteroatoms. The number of hydrogen-bond acceptors (Lipinski definition) is 4. The number of halogens is 1. The summed E-state index contributed by atoms with van der Waals surface area (Å²) in [6.45, 7) is 4.28. The fourth-order valence-electron chi connectivity index (χ4n) is 2.13. The molecule has 2 N–H and O–H groups in total. The lowest BCUT2D eigenvalue weighted by molar-refractivity contribution is 0.0529. The van der Waals surface area contributed by atoms with Crippen molar-refractivity contribution in [3.8, 4) is 17.0 Å². The predicted octanol–water partition coefficient (Wildman–Crippen LogP) is 3.28. The Morgan fingerprint density at radius 3 is 2.76 bits per heavy atom. The standard InChI is InChI=1S/C15H17ClN2O3/c1-3-11(21-4-2)13-17-14(19)12(15(20)18-13)9-6-5-7-10(16)8-9/h5-8,11H,3-4H2,1-2H3,(H2,17,18,19,20). The lowest BCUT2D eigenvalue weighted by atomic mass is 10.1. The normalized spacial score (nSPS) is 12.3. The molecule has 0 fully saturated rings. The first-order valence-electron chi connectivity index (χ1n) is 6.77. The zero-order valence-corrected chi connectivity index (χ0v) is 12.6. The van der Waals surface area contributed by atoms with Gasteiger partial charge in [-0.05, 0) is 31.0 Å². The Kier molecular flexibility index (Phi) is 4.98. The van der Waals surface area contributed by atoms with E-state index in [-0.39, 0.29) is 17.5 Å². The van der Waals surface area contributed by atoms with Crippen molar-refractivity contribution in [3.05, 3.63) is 45.5 Å². The maximum absolute atomic E-state index is 12.2. The zero-order chi connectivity index (χ0) is 15.4. The van der Waals surface area contributed by atoms with Crippen LogP contribution < -0.4 is 5.56 Å². The summed E-state index contributed by atoms with van der Waals surface area (Å²) >= 11 is 5.91. The number of aromatic nitrogens is 2. The van der Waals surface area contributed by atoms with Gasteiger partial charge < -0.3 is 14.8 Å². The molecule has 0 amide bonds. The summed E-state index contributed by atoms with van der Waals surface area (Å²) in [6.07, 6.45) is 0.300. The Labute approximate surface area is 127 Å². The Balaban J connectivity index is 2.49. The first kappa shape index (κ1) is 15.5. The van der Waals surface area contributed by atoms with Gasteiger partial charge in [-0.1, -0.05) is 30.7 Å². The minimum atomic E-state index is -0.419. The SMILES string of the molecule is CCOC(CC)c1nc(O)c(-c2cccc(Cl)c2)c(=O)[nH]1. The van der Waals surface area contributed by atoms with E-state index < -0.39 is 5.56 Å². The van der Waals surface area contributed by atoms with E-state index in [1.807, 2.05) is 13.8 Å². The van der Waals surface area contributed by atoms with E-state index in [4.69, 9.17) is 16.3 Å². The highest BCUT2D eigenvalue weighted by atomic mass is 35.5. The van der Waals surface area contributed by atoms with E-state index in [2.05, 4.69) is 9.97 Å². The van der Waals surface area contributed by atoms with Gasteiger partial charge in [0, 0.05) is 11.6 Å². The third-order valence-electron chi connectivity index (χ3n) is 3.08. The molecule has 0 aliphatic rings. The van der Waals surface area contributed by atoms with E-state index >= 15 is 0 Å². The molecule has 0 spiro atoms. The summed E-state index contributed by atoms with van der Waals surface area (Å²) < 4.78 is 5.49. The Bertz CT molecular complexity index is 685. The van der Waals surface area contributed by atoms with Crippen molar-refractivity contribution in [3.63, 3.8) is 0 Å². The average Bonchev–Trinajstić information content (AvgIpc) is 2.44. The molecule has 0 bridgehead atoms. The van der Waals surface area contributed by atoms with Gasteiger partial charge in [0.15, 0.2) is 0 Å². The number of rotatable bonds is 5. The van der Waals surface area contributed by atoms with Gasteiger partial charge in [-0.25, -0.2) is 0 Å². The fraction of sp³-hybridized carbons (Fsp3) is 0.333. The number of H-pyrrole nitrogens is 1. The molecule has 2 rings (SSSR count). The van der Waals surface area contributed by atoms with E-state index in [9.17, 15) is 9.90 Å². The quantitative estimate of drug-likeness (QED) is 0.888. The number of hydrogen-bond donors (Lipinski definition) is 2. The van der Waals surface area contributed by atoms with Crippen LogP contribution in [0.4, 0.5) is 0 Å². The second-order valence-corrected chi connectivity index (χ2v) is 4.95. The predicted molar refractivity (Wildman–Crippen MR) is 81.6 cm³/mol. The average molecular weight is 309 g/mol. The summed E-state index contributed by atoms with van der Waals surface area (Å²) in [5.41, 5.74) is 0.204. The molecule has 0 saturated carbocycles. The molecule has 21 heavy (non-hydrogen) atoms. The third kappa shape index (κ3) is 3.43. The van der Waals surface area contributed by atoms with Gasteiger partial charge in [-0.15, -0.1) is 0 Å². The van der Waals surface area contributed by atoms with Gasteiger partial charge in [0.1, 0.15) is 17.5 Å². The Hall–Kier alpha value is -1.85. The third-order valence-corrected chi connectivity index (χ3v) is 3.31. The van der Waals surface area contributed by atoms with Gasteiger partial charge in [-0.3, -0.25) is 4.79 Å². The molecule has 0 saturated heterocycles. The van der Waals surface area contributed by atoms with Crippen LogP contribution in [-0.4, -0.2) is 21.7 Å². The summed E-state index contributed by atoms with van der Waals surface area (Å²) in [7, 11) is 0.